The van der Waals surface area contributed by atoms with Crippen molar-refractivity contribution in [2.75, 3.05) is 0 Å². The van der Waals surface area contributed by atoms with Gasteiger partial charge < -0.3 is 10.9 Å². The lowest BCUT2D eigenvalue weighted by Crippen LogP contribution is -2.18. The van der Waals surface area contributed by atoms with Crippen molar-refractivity contribution in [1.29, 1.82) is 0 Å². The van der Waals surface area contributed by atoms with Gasteiger partial charge in [-0.2, -0.15) is 0 Å². The van der Waals surface area contributed by atoms with Crippen LogP contribution in [0.5, 0.6) is 0 Å². The minimum Gasteiger partial charge on any atom is -0.409 e. The molecule has 1 unspecified atom stereocenters. The number of aromatic nitrogens is 4. The van der Waals surface area contributed by atoms with Crippen LogP contribution in [0.2, 0.25) is 0 Å². The van der Waals surface area contributed by atoms with Gasteiger partial charge in [-0.15, -0.1) is 5.10 Å². The molecule has 1 fully saturated rings. The number of hydrogen-bond donors (Lipinski definition) is 2. The first-order valence-electron chi connectivity index (χ1n) is 5.65. The standard InChI is InChI=1S/C9H16N6OS/c1-2-7(5-8(10)12-16)17-9-11-13-14-15(9)6-3-4-6/h6-7,16H,2-5H2,1H3,(H2,10,12). The molecule has 3 N–H and O–H groups in total. The van der Waals surface area contributed by atoms with E-state index < -0.39 is 0 Å². The summed E-state index contributed by atoms with van der Waals surface area (Å²) in [4.78, 5) is 0. The molecule has 0 amide bonds. The highest BCUT2D eigenvalue weighted by molar-refractivity contribution is 7.99. The number of amidine groups is 1. The van der Waals surface area contributed by atoms with E-state index in [2.05, 4.69) is 27.6 Å². The van der Waals surface area contributed by atoms with Crippen LogP contribution >= 0.6 is 11.8 Å². The Hall–Kier alpha value is -1.31. The van der Waals surface area contributed by atoms with E-state index in [0.29, 0.717) is 12.5 Å². The average Bonchev–Trinajstić information content (AvgIpc) is 3.09. The fourth-order valence-corrected chi connectivity index (χ4v) is 2.60. The molecule has 0 saturated heterocycles. The Morgan fingerprint density at radius 3 is 3.06 bits per heavy atom. The molecule has 1 aromatic heterocycles. The van der Waals surface area contributed by atoms with E-state index >= 15 is 0 Å². The first-order valence-corrected chi connectivity index (χ1v) is 6.53. The van der Waals surface area contributed by atoms with E-state index in [4.69, 9.17) is 10.9 Å². The molecule has 94 valence electrons. The van der Waals surface area contributed by atoms with Crippen LogP contribution in [0.3, 0.4) is 0 Å². The lowest BCUT2D eigenvalue weighted by molar-refractivity contribution is 0.316. The fraction of sp³-hybridized carbons (Fsp3) is 0.778. The van der Waals surface area contributed by atoms with E-state index in [1.54, 1.807) is 11.8 Å². The van der Waals surface area contributed by atoms with Crippen LogP contribution in [0.25, 0.3) is 0 Å². The van der Waals surface area contributed by atoms with Crippen LogP contribution in [0, 0.1) is 0 Å². The molecule has 1 aliphatic carbocycles. The predicted molar refractivity (Wildman–Crippen MR) is 64.0 cm³/mol. The second-order valence-corrected chi connectivity index (χ2v) is 5.35. The minimum absolute atomic E-state index is 0.231. The number of oxime groups is 1. The van der Waals surface area contributed by atoms with Gasteiger partial charge in [-0.05, 0) is 29.7 Å². The van der Waals surface area contributed by atoms with Gasteiger partial charge in [0.25, 0.3) is 0 Å². The van der Waals surface area contributed by atoms with Crippen LogP contribution in [0.4, 0.5) is 0 Å². The van der Waals surface area contributed by atoms with Gasteiger partial charge in [0.05, 0.1) is 6.04 Å². The monoisotopic (exact) mass is 256 g/mol. The molecule has 7 nitrogen and oxygen atoms in total. The van der Waals surface area contributed by atoms with Crippen molar-refractivity contribution >= 4 is 17.6 Å². The van der Waals surface area contributed by atoms with Crippen molar-refractivity contribution in [3.05, 3.63) is 0 Å². The number of nitrogens with two attached hydrogens (primary N) is 1. The topological polar surface area (TPSA) is 102 Å². The molecule has 1 aromatic rings. The van der Waals surface area contributed by atoms with Crippen molar-refractivity contribution < 1.29 is 5.21 Å². The largest absolute Gasteiger partial charge is 0.409 e. The average molecular weight is 256 g/mol. The summed E-state index contributed by atoms with van der Waals surface area (Å²) < 4.78 is 1.87. The zero-order valence-corrected chi connectivity index (χ0v) is 10.5. The van der Waals surface area contributed by atoms with Crippen LogP contribution in [-0.2, 0) is 0 Å². The summed E-state index contributed by atoms with van der Waals surface area (Å²) in [6, 6.07) is 0.467. The van der Waals surface area contributed by atoms with E-state index in [-0.39, 0.29) is 11.1 Å². The molecule has 0 spiro atoms. The molecule has 0 aliphatic heterocycles. The van der Waals surface area contributed by atoms with E-state index in [1.165, 1.54) is 0 Å². The Morgan fingerprint density at radius 1 is 1.71 bits per heavy atom. The SMILES string of the molecule is CCC(C/C(N)=N/O)Sc1nnnn1C1CC1. The lowest BCUT2D eigenvalue weighted by atomic mass is 10.2. The third kappa shape index (κ3) is 3.09. The van der Waals surface area contributed by atoms with Gasteiger partial charge in [-0.25, -0.2) is 4.68 Å². The Balaban J connectivity index is 1.99. The quantitative estimate of drug-likeness (QED) is 0.259. The Labute approximate surface area is 103 Å². The number of thioether (sulfide) groups is 1. The van der Waals surface area contributed by atoms with Gasteiger partial charge in [-0.1, -0.05) is 23.8 Å². The molecule has 0 radical (unpaired) electrons. The van der Waals surface area contributed by atoms with Crippen LogP contribution in [0.1, 0.15) is 38.6 Å². The van der Waals surface area contributed by atoms with Crippen molar-refractivity contribution in [1.82, 2.24) is 20.2 Å². The molecule has 0 bridgehead atoms. The highest BCUT2D eigenvalue weighted by atomic mass is 32.2. The molecule has 1 atom stereocenters. The molecule has 8 heteroatoms. The van der Waals surface area contributed by atoms with Gasteiger partial charge in [0.2, 0.25) is 5.16 Å². The summed E-state index contributed by atoms with van der Waals surface area (Å²) in [6.07, 6.45) is 3.75. The number of rotatable bonds is 6. The second kappa shape index (κ2) is 5.35. The number of hydrogen-bond acceptors (Lipinski definition) is 6. The first-order chi connectivity index (χ1) is 8.24. The fourth-order valence-electron chi connectivity index (χ4n) is 1.50. The molecular formula is C9H16N6OS. The number of nitrogens with zero attached hydrogens (tertiary/aromatic N) is 5. The van der Waals surface area contributed by atoms with Gasteiger partial charge in [0.1, 0.15) is 5.84 Å². The molecule has 1 heterocycles. The predicted octanol–water partition coefficient (Wildman–Crippen LogP) is 1.02. The van der Waals surface area contributed by atoms with Crippen LogP contribution in [-0.4, -0.2) is 36.5 Å². The highest BCUT2D eigenvalue weighted by Gasteiger charge is 2.28. The van der Waals surface area contributed by atoms with Crippen LogP contribution in [0.15, 0.2) is 10.3 Å². The van der Waals surface area contributed by atoms with E-state index in [9.17, 15) is 0 Å². The van der Waals surface area contributed by atoms with Crippen molar-refractivity contribution in [2.24, 2.45) is 10.9 Å². The van der Waals surface area contributed by atoms with Gasteiger partial charge >= 0.3 is 0 Å². The van der Waals surface area contributed by atoms with E-state index in [0.717, 1.165) is 24.4 Å². The maximum absolute atomic E-state index is 8.57. The summed E-state index contributed by atoms with van der Waals surface area (Å²) in [5, 5.41) is 24.3. The Bertz CT molecular complexity index is 402. The molecular weight excluding hydrogens is 240 g/mol. The van der Waals surface area contributed by atoms with Crippen molar-refractivity contribution in [3.63, 3.8) is 0 Å². The smallest absolute Gasteiger partial charge is 0.209 e. The normalized spacial score (nSPS) is 18.3. The van der Waals surface area contributed by atoms with Crippen molar-refractivity contribution in [3.8, 4) is 0 Å². The maximum atomic E-state index is 8.57. The zero-order chi connectivity index (χ0) is 12.3. The third-order valence-electron chi connectivity index (χ3n) is 2.65. The van der Waals surface area contributed by atoms with Gasteiger partial charge in [0, 0.05) is 11.7 Å². The van der Waals surface area contributed by atoms with Crippen molar-refractivity contribution in [2.45, 2.75) is 49.1 Å². The first kappa shape index (κ1) is 12.2. The maximum Gasteiger partial charge on any atom is 0.209 e. The highest BCUT2D eigenvalue weighted by Crippen LogP contribution is 2.37. The zero-order valence-electron chi connectivity index (χ0n) is 9.65. The summed E-state index contributed by atoms with van der Waals surface area (Å²) in [6.45, 7) is 2.06. The molecule has 17 heavy (non-hydrogen) atoms. The molecule has 1 aliphatic rings. The van der Waals surface area contributed by atoms with Crippen LogP contribution < -0.4 is 5.73 Å². The summed E-state index contributed by atoms with van der Waals surface area (Å²) in [5.74, 6) is 0.245. The molecule has 2 rings (SSSR count). The molecule has 1 saturated carbocycles. The Kier molecular flexibility index (Phi) is 3.82. The third-order valence-corrected chi connectivity index (χ3v) is 3.96. The lowest BCUT2D eigenvalue weighted by Gasteiger charge is -2.12. The summed E-state index contributed by atoms with van der Waals surface area (Å²) in [5.41, 5.74) is 5.52. The van der Waals surface area contributed by atoms with Gasteiger partial charge in [-0.3, -0.25) is 0 Å². The summed E-state index contributed by atoms with van der Waals surface area (Å²) in [7, 11) is 0. The van der Waals surface area contributed by atoms with E-state index in [1.807, 2.05) is 4.68 Å². The molecule has 0 aromatic carbocycles. The second-order valence-electron chi connectivity index (χ2n) is 4.08. The Morgan fingerprint density at radius 2 is 2.47 bits per heavy atom. The minimum atomic E-state index is 0.231. The van der Waals surface area contributed by atoms with Gasteiger partial charge in [0.15, 0.2) is 0 Å². The summed E-state index contributed by atoms with van der Waals surface area (Å²) >= 11 is 1.59. The number of tetrazole rings is 1.